The van der Waals surface area contributed by atoms with Crippen molar-refractivity contribution >= 4 is 39.1 Å². The summed E-state index contributed by atoms with van der Waals surface area (Å²) in [6.45, 7) is 1.85. The Labute approximate surface area is 177 Å². The lowest BCUT2D eigenvalue weighted by molar-refractivity contribution is -0.116. The molecule has 0 radical (unpaired) electrons. The molecule has 1 aliphatic carbocycles. The highest BCUT2D eigenvalue weighted by atomic mass is 79.9. The zero-order chi connectivity index (χ0) is 20.4. The van der Waals surface area contributed by atoms with Crippen LogP contribution in [0.25, 0.3) is 5.65 Å². The molecule has 4 rings (SSSR count). The molecule has 3 aromatic heterocycles. The molecule has 2 atom stereocenters. The van der Waals surface area contributed by atoms with Crippen molar-refractivity contribution in [1.82, 2.24) is 19.4 Å². The number of amides is 1. The van der Waals surface area contributed by atoms with E-state index in [0.29, 0.717) is 23.8 Å². The molecule has 1 fully saturated rings. The Kier molecular flexibility index (Phi) is 5.77. The number of aromatic nitrogens is 4. The van der Waals surface area contributed by atoms with Gasteiger partial charge in [-0.3, -0.25) is 19.1 Å². The summed E-state index contributed by atoms with van der Waals surface area (Å²) >= 11 is 3.51. The van der Waals surface area contributed by atoms with Gasteiger partial charge in [-0.1, -0.05) is 18.9 Å². The molecule has 0 aromatic carbocycles. The largest absolute Gasteiger partial charge is 0.391 e. The predicted molar refractivity (Wildman–Crippen MR) is 114 cm³/mol. The van der Waals surface area contributed by atoms with Crippen molar-refractivity contribution in [3.05, 3.63) is 47.1 Å². The first-order chi connectivity index (χ1) is 14.0. The van der Waals surface area contributed by atoms with Crippen LogP contribution in [-0.4, -0.2) is 42.5 Å². The second-order valence-corrected chi connectivity index (χ2v) is 8.11. The summed E-state index contributed by atoms with van der Waals surface area (Å²) in [5.41, 5.74) is 1.47. The second kappa shape index (κ2) is 8.46. The van der Waals surface area contributed by atoms with E-state index in [-0.39, 0.29) is 11.9 Å². The van der Waals surface area contributed by atoms with Crippen molar-refractivity contribution < 1.29 is 9.90 Å². The van der Waals surface area contributed by atoms with Crippen LogP contribution in [0.2, 0.25) is 0 Å². The van der Waals surface area contributed by atoms with Crippen molar-refractivity contribution in [2.75, 3.05) is 10.2 Å². The number of pyridine rings is 1. The molecule has 29 heavy (non-hydrogen) atoms. The minimum absolute atomic E-state index is 0.0621. The summed E-state index contributed by atoms with van der Waals surface area (Å²) in [5.74, 6) is 0.911. The van der Waals surface area contributed by atoms with Gasteiger partial charge in [0, 0.05) is 19.3 Å². The normalized spacial score (nSPS) is 19.3. The molecule has 1 aliphatic rings. The SMILES string of the molecule is CC(=O)N(Cc1cccnc1)c1nc(NC2CCCCC2O)cn2c(Br)cnc12. The number of aliphatic hydroxyl groups is 1. The summed E-state index contributed by atoms with van der Waals surface area (Å²) in [6, 6.07) is 3.70. The molecule has 9 heteroatoms. The lowest BCUT2D eigenvalue weighted by Crippen LogP contribution is -2.37. The number of imidazole rings is 1. The molecule has 152 valence electrons. The van der Waals surface area contributed by atoms with Crippen LogP contribution in [0.1, 0.15) is 38.2 Å². The Morgan fingerprint density at radius 1 is 1.38 bits per heavy atom. The highest BCUT2D eigenvalue weighted by Gasteiger charge is 2.25. The number of nitrogens with zero attached hydrogens (tertiary/aromatic N) is 5. The first-order valence-corrected chi connectivity index (χ1v) is 10.5. The summed E-state index contributed by atoms with van der Waals surface area (Å²) in [5, 5.41) is 13.7. The first kappa shape index (κ1) is 19.8. The van der Waals surface area contributed by atoms with Crippen LogP contribution in [0.15, 0.2) is 41.5 Å². The first-order valence-electron chi connectivity index (χ1n) is 9.68. The fourth-order valence-corrected chi connectivity index (χ4v) is 4.05. The van der Waals surface area contributed by atoms with E-state index in [9.17, 15) is 9.90 Å². The molecule has 0 bridgehead atoms. The van der Waals surface area contributed by atoms with E-state index in [1.165, 1.54) is 6.92 Å². The second-order valence-electron chi connectivity index (χ2n) is 7.29. The maximum atomic E-state index is 12.5. The van der Waals surface area contributed by atoms with Gasteiger partial charge in [0.05, 0.1) is 31.1 Å². The average molecular weight is 459 g/mol. The third-order valence-corrected chi connectivity index (χ3v) is 5.78. The third kappa shape index (κ3) is 4.25. The van der Waals surface area contributed by atoms with Crippen LogP contribution < -0.4 is 10.2 Å². The molecular formula is C20H23BrN6O2. The van der Waals surface area contributed by atoms with Gasteiger partial charge < -0.3 is 10.4 Å². The summed E-state index contributed by atoms with van der Waals surface area (Å²) < 4.78 is 2.60. The Balaban J connectivity index is 1.74. The number of halogens is 1. The fraction of sp³-hybridized carbons (Fsp3) is 0.400. The lowest BCUT2D eigenvalue weighted by Gasteiger charge is -2.29. The molecule has 8 nitrogen and oxygen atoms in total. The molecule has 2 unspecified atom stereocenters. The number of carbonyl (C=O) groups excluding carboxylic acids is 1. The van der Waals surface area contributed by atoms with Crippen LogP contribution >= 0.6 is 15.9 Å². The van der Waals surface area contributed by atoms with Gasteiger partial charge >= 0.3 is 0 Å². The van der Waals surface area contributed by atoms with E-state index < -0.39 is 6.10 Å². The quantitative estimate of drug-likeness (QED) is 0.609. The average Bonchev–Trinajstić information content (AvgIpc) is 3.09. The number of aliphatic hydroxyl groups excluding tert-OH is 1. The minimum atomic E-state index is -0.407. The summed E-state index contributed by atoms with van der Waals surface area (Å²) in [4.78, 5) is 27.4. The number of carbonyl (C=O) groups is 1. The van der Waals surface area contributed by atoms with E-state index in [2.05, 4.69) is 31.2 Å². The molecule has 3 aromatic rings. The maximum Gasteiger partial charge on any atom is 0.225 e. The van der Waals surface area contributed by atoms with E-state index >= 15 is 0 Å². The van der Waals surface area contributed by atoms with Gasteiger partial charge in [-0.2, -0.15) is 0 Å². The number of anilines is 2. The zero-order valence-electron chi connectivity index (χ0n) is 16.1. The summed E-state index contributed by atoms with van der Waals surface area (Å²) in [7, 11) is 0. The van der Waals surface area contributed by atoms with Gasteiger partial charge in [-0.25, -0.2) is 9.97 Å². The number of rotatable bonds is 5. The van der Waals surface area contributed by atoms with Crippen LogP contribution in [0.5, 0.6) is 0 Å². The molecule has 2 N–H and O–H groups in total. The molecule has 0 spiro atoms. The Morgan fingerprint density at radius 3 is 2.93 bits per heavy atom. The number of fused-ring (bicyclic) bond motifs is 1. The minimum Gasteiger partial charge on any atom is -0.391 e. The van der Waals surface area contributed by atoms with Gasteiger partial charge in [0.2, 0.25) is 5.91 Å². The number of hydrogen-bond acceptors (Lipinski definition) is 6. The summed E-state index contributed by atoms with van der Waals surface area (Å²) in [6.07, 6.45) is 10.3. The molecule has 1 saturated carbocycles. The van der Waals surface area contributed by atoms with E-state index in [1.54, 1.807) is 23.5 Å². The van der Waals surface area contributed by atoms with Crippen molar-refractivity contribution in [3.63, 3.8) is 0 Å². The molecular weight excluding hydrogens is 436 g/mol. The van der Waals surface area contributed by atoms with Crippen molar-refractivity contribution in [2.45, 2.75) is 51.3 Å². The van der Waals surface area contributed by atoms with Gasteiger partial charge in [0.1, 0.15) is 10.4 Å². The van der Waals surface area contributed by atoms with Crippen molar-refractivity contribution in [2.24, 2.45) is 0 Å². The predicted octanol–water partition coefficient (Wildman–Crippen LogP) is 3.16. The van der Waals surface area contributed by atoms with Gasteiger partial charge in [-0.05, 0) is 40.4 Å². The van der Waals surface area contributed by atoms with Crippen LogP contribution in [0.4, 0.5) is 11.6 Å². The lowest BCUT2D eigenvalue weighted by atomic mass is 9.93. The maximum absolute atomic E-state index is 12.5. The zero-order valence-corrected chi connectivity index (χ0v) is 17.7. The molecule has 3 heterocycles. The third-order valence-electron chi connectivity index (χ3n) is 5.19. The molecule has 0 saturated heterocycles. The van der Waals surface area contributed by atoms with E-state index in [4.69, 9.17) is 4.98 Å². The number of nitrogens with one attached hydrogen (secondary N) is 1. The Hall–Kier alpha value is -2.52. The van der Waals surface area contributed by atoms with Crippen LogP contribution in [0, 0.1) is 0 Å². The van der Waals surface area contributed by atoms with Crippen molar-refractivity contribution in [3.8, 4) is 0 Å². The Morgan fingerprint density at radius 2 is 2.21 bits per heavy atom. The highest BCUT2D eigenvalue weighted by Crippen LogP contribution is 2.28. The fourth-order valence-electron chi connectivity index (χ4n) is 3.67. The monoisotopic (exact) mass is 458 g/mol. The van der Waals surface area contributed by atoms with E-state index in [1.807, 2.05) is 22.7 Å². The van der Waals surface area contributed by atoms with E-state index in [0.717, 1.165) is 35.8 Å². The van der Waals surface area contributed by atoms with Crippen molar-refractivity contribution in [1.29, 1.82) is 0 Å². The van der Waals surface area contributed by atoms with Crippen LogP contribution in [0.3, 0.4) is 0 Å². The Bertz CT molecular complexity index is 1010. The number of hydrogen-bond donors (Lipinski definition) is 2. The van der Waals surface area contributed by atoms with Crippen LogP contribution in [-0.2, 0) is 11.3 Å². The smallest absolute Gasteiger partial charge is 0.225 e. The molecule has 0 aliphatic heterocycles. The van der Waals surface area contributed by atoms with Gasteiger partial charge in [0.15, 0.2) is 11.5 Å². The standard InChI is InChI=1S/C20H23BrN6O2/c1-13(28)26(11-14-5-4-8-22-9-14)20-19-23-10-17(21)27(19)12-18(25-20)24-15-6-2-3-7-16(15)29/h4-5,8-10,12,15-16,24,29H,2-3,6-7,11H2,1H3. The highest BCUT2D eigenvalue weighted by molar-refractivity contribution is 9.10. The van der Waals surface area contributed by atoms with Gasteiger partial charge in [0.25, 0.3) is 0 Å². The molecule has 1 amide bonds. The topological polar surface area (TPSA) is 95.7 Å². The van der Waals surface area contributed by atoms with Gasteiger partial charge in [-0.15, -0.1) is 0 Å².